The number of benzene rings is 2. The summed E-state index contributed by atoms with van der Waals surface area (Å²) in [5, 5.41) is 2.70. The highest BCUT2D eigenvalue weighted by Crippen LogP contribution is 2.09. The number of halogens is 2. The first kappa shape index (κ1) is 13.2. The zero-order valence-corrected chi connectivity index (χ0v) is 10.4. The van der Waals surface area contributed by atoms with E-state index in [1.807, 2.05) is 0 Å². The van der Waals surface area contributed by atoms with E-state index < -0.39 is 0 Å². The molecule has 0 saturated carbocycles. The van der Waals surface area contributed by atoms with Gasteiger partial charge in [0, 0.05) is 12.1 Å². The van der Waals surface area contributed by atoms with Crippen molar-refractivity contribution in [2.75, 3.05) is 0 Å². The summed E-state index contributed by atoms with van der Waals surface area (Å²) in [6.07, 6.45) is 0. The van der Waals surface area contributed by atoms with Crippen molar-refractivity contribution in [1.29, 1.82) is 0 Å². The van der Waals surface area contributed by atoms with Crippen LogP contribution in [0.25, 0.3) is 0 Å². The van der Waals surface area contributed by atoms with Crippen LogP contribution in [0.3, 0.4) is 0 Å². The Bertz CT molecular complexity index is 594. The number of carbonyl (C=O) groups is 1. The molecule has 1 amide bonds. The Morgan fingerprint density at radius 3 is 2.42 bits per heavy atom. The lowest BCUT2D eigenvalue weighted by atomic mass is 10.1. The van der Waals surface area contributed by atoms with Gasteiger partial charge < -0.3 is 5.32 Å². The first-order valence-electron chi connectivity index (χ1n) is 5.85. The second-order valence-corrected chi connectivity index (χ2v) is 4.27. The van der Waals surface area contributed by atoms with Crippen molar-refractivity contribution in [3.63, 3.8) is 0 Å². The maximum absolute atomic E-state index is 13.1. The molecule has 19 heavy (non-hydrogen) atoms. The molecule has 98 valence electrons. The molecule has 0 atom stereocenters. The number of amides is 1. The Morgan fingerprint density at radius 1 is 1.11 bits per heavy atom. The number of hydrogen-bond acceptors (Lipinski definition) is 1. The molecule has 0 aliphatic carbocycles. The van der Waals surface area contributed by atoms with E-state index in [2.05, 4.69) is 5.32 Å². The zero-order chi connectivity index (χ0) is 13.8. The predicted molar refractivity (Wildman–Crippen MR) is 68.7 cm³/mol. The number of rotatable bonds is 3. The first-order valence-corrected chi connectivity index (χ1v) is 5.85. The van der Waals surface area contributed by atoms with E-state index in [1.165, 1.54) is 30.3 Å². The minimum Gasteiger partial charge on any atom is -0.348 e. The van der Waals surface area contributed by atoms with Gasteiger partial charge in [0.1, 0.15) is 11.6 Å². The maximum atomic E-state index is 13.1. The van der Waals surface area contributed by atoms with Gasteiger partial charge in [-0.3, -0.25) is 4.79 Å². The third-order valence-corrected chi connectivity index (χ3v) is 2.78. The van der Waals surface area contributed by atoms with Gasteiger partial charge in [-0.05, 0) is 48.4 Å². The third kappa shape index (κ3) is 3.37. The average molecular weight is 261 g/mol. The van der Waals surface area contributed by atoms with Gasteiger partial charge in [0.05, 0.1) is 0 Å². The minimum absolute atomic E-state index is 0.270. The van der Waals surface area contributed by atoms with E-state index in [-0.39, 0.29) is 17.5 Å². The van der Waals surface area contributed by atoms with Gasteiger partial charge in [-0.1, -0.05) is 12.1 Å². The summed E-state index contributed by atoms with van der Waals surface area (Å²) in [5.74, 6) is -0.943. The molecule has 0 spiro atoms. The molecule has 2 nitrogen and oxygen atoms in total. The Morgan fingerprint density at radius 2 is 1.79 bits per heavy atom. The second-order valence-electron chi connectivity index (χ2n) is 4.27. The van der Waals surface area contributed by atoms with Crippen LogP contribution in [0.4, 0.5) is 8.78 Å². The molecule has 2 aromatic carbocycles. The molecule has 0 aromatic heterocycles. The SMILES string of the molecule is Cc1cc(CNC(=O)c2ccc(F)cc2)ccc1F. The van der Waals surface area contributed by atoms with Crippen LogP contribution in [0.2, 0.25) is 0 Å². The predicted octanol–water partition coefficient (Wildman–Crippen LogP) is 3.20. The molecule has 2 rings (SSSR count). The number of aryl methyl sites for hydroxylation is 1. The fourth-order valence-corrected chi connectivity index (χ4v) is 1.70. The topological polar surface area (TPSA) is 29.1 Å². The highest BCUT2D eigenvalue weighted by atomic mass is 19.1. The zero-order valence-electron chi connectivity index (χ0n) is 10.4. The lowest BCUT2D eigenvalue weighted by Gasteiger charge is -2.06. The van der Waals surface area contributed by atoms with E-state index in [9.17, 15) is 13.6 Å². The third-order valence-electron chi connectivity index (χ3n) is 2.78. The molecule has 0 bridgehead atoms. The summed E-state index contributed by atoms with van der Waals surface area (Å²) in [6, 6.07) is 9.97. The van der Waals surface area contributed by atoms with Crippen molar-refractivity contribution in [2.24, 2.45) is 0 Å². The van der Waals surface area contributed by atoms with Crippen LogP contribution in [0.15, 0.2) is 42.5 Å². The van der Waals surface area contributed by atoms with E-state index in [0.717, 1.165) is 5.56 Å². The molecule has 1 N–H and O–H groups in total. The van der Waals surface area contributed by atoms with Gasteiger partial charge in [-0.15, -0.1) is 0 Å². The van der Waals surface area contributed by atoms with Crippen LogP contribution < -0.4 is 5.32 Å². The highest BCUT2D eigenvalue weighted by molar-refractivity contribution is 5.94. The summed E-state index contributed by atoms with van der Waals surface area (Å²) in [6.45, 7) is 1.97. The molecule has 0 fully saturated rings. The minimum atomic E-state index is -0.384. The van der Waals surface area contributed by atoms with Crippen molar-refractivity contribution in [2.45, 2.75) is 13.5 Å². The van der Waals surface area contributed by atoms with Crippen molar-refractivity contribution in [3.8, 4) is 0 Å². The summed E-state index contributed by atoms with van der Waals surface area (Å²) in [5.41, 5.74) is 1.74. The molecule has 0 saturated heterocycles. The van der Waals surface area contributed by atoms with Crippen LogP contribution in [0.5, 0.6) is 0 Å². The largest absolute Gasteiger partial charge is 0.348 e. The molecule has 0 unspecified atom stereocenters. The molecule has 0 aliphatic rings. The van der Waals surface area contributed by atoms with Crippen LogP contribution in [-0.2, 0) is 6.54 Å². The van der Waals surface area contributed by atoms with E-state index in [1.54, 1.807) is 19.1 Å². The Labute approximate surface area is 110 Å². The van der Waals surface area contributed by atoms with Crippen LogP contribution in [0.1, 0.15) is 21.5 Å². The number of carbonyl (C=O) groups excluding carboxylic acids is 1. The van der Waals surface area contributed by atoms with E-state index in [0.29, 0.717) is 17.7 Å². The fraction of sp³-hybridized carbons (Fsp3) is 0.133. The first-order chi connectivity index (χ1) is 9.06. The quantitative estimate of drug-likeness (QED) is 0.903. The van der Waals surface area contributed by atoms with Gasteiger partial charge in [0.15, 0.2) is 0 Å². The van der Waals surface area contributed by atoms with E-state index in [4.69, 9.17) is 0 Å². The molecular formula is C15H13F2NO. The molecule has 4 heteroatoms. The Balaban J connectivity index is 2.00. The second kappa shape index (κ2) is 5.61. The summed E-state index contributed by atoms with van der Waals surface area (Å²) in [7, 11) is 0. The fourth-order valence-electron chi connectivity index (χ4n) is 1.70. The Hall–Kier alpha value is -2.23. The van der Waals surface area contributed by atoms with Crippen molar-refractivity contribution in [3.05, 3.63) is 70.8 Å². The monoisotopic (exact) mass is 261 g/mol. The van der Waals surface area contributed by atoms with Crippen molar-refractivity contribution in [1.82, 2.24) is 5.32 Å². The standard InChI is InChI=1S/C15H13F2NO/c1-10-8-11(2-7-14(10)17)9-18-15(19)12-3-5-13(16)6-4-12/h2-8H,9H2,1H3,(H,18,19). The normalized spacial score (nSPS) is 10.3. The lowest BCUT2D eigenvalue weighted by molar-refractivity contribution is 0.0951. The van der Waals surface area contributed by atoms with Gasteiger partial charge >= 0.3 is 0 Å². The van der Waals surface area contributed by atoms with Gasteiger partial charge in [0.2, 0.25) is 0 Å². The average Bonchev–Trinajstić information content (AvgIpc) is 2.40. The van der Waals surface area contributed by atoms with Gasteiger partial charge in [0.25, 0.3) is 5.91 Å². The van der Waals surface area contributed by atoms with Crippen LogP contribution in [-0.4, -0.2) is 5.91 Å². The van der Waals surface area contributed by atoms with Gasteiger partial charge in [-0.25, -0.2) is 8.78 Å². The van der Waals surface area contributed by atoms with Crippen LogP contribution in [0, 0.1) is 18.6 Å². The highest BCUT2D eigenvalue weighted by Gasteiger charge is 2.06. The van der Waals surface area contributed by atoms with E-state index >= 15 is 0 Å². The Kier molecular flexibility index (Phi) is 3.90. The molecule has 2 aromatic rings. The van der Waals surface area contributed by atoms with Crippen LogP contribution >= 0.6 is 0 Å². The number of hydrogen-bond donors (Lipinski definition) is 1. The smallest absolute Gasteiger partial charge is 0.251 e. The van der Waals surface area contributed by atoms with Gasteiger partial charge in [-0.2, -0.15) is 0 Å². The summed E-state index contributed by atoms with van der Waals surface area (Å²) >= 11 is 0. The summed E-state index contributed by atoms with van der Waals surface area (Å²) in [4.78, 5) is 11.8. The van der Waals surface area contributed by atoms with Crippen molar-refractivity contribution >= 4 is 5.91 Å². The van der Waals surface area contributed by atoms with Crippen molar-refractivity contribution < 1.29 is 13.6 Å². The molecule has 0 aliphatic heterocycles. The lowest BCUT2D eigenvalue weighted by Crippen LogP contribution is -2.22. The molecule has 0 heterocycles. The molecule has 0 radical (unpaired) electrons. The maximum Gasteiger partial charge on any atom is 0.251 e. The summed E-state index contributed by atoms with van der Waals surface area (Å²) < 4.78 is 25.8. The molecular weight excluding hydrogens is 248 g/mol. The number of nitrogens with one attached hydrogen (secondary N) is 1.